The summed E-state index contributed by atoms with van der Waals surface area (Å²) >= 11 is 0. The average molecular weight is 289 g/mol. The maximum absolute atomic E-state index is 12.1. The molecule has 0 bridgehead atoms. The van der Waals surface area contributed by atoms with Crippen LogP contribution in [0.3, 0.4) is 0 Å². The van der Waals surface area contributed by atoms with Gasteiger partial charge >= 0.3 is 6.03 Å². The molecule has 2 N–H and O–H groups in total. The molecule has 2 atom stereocenters. The SMILES string of the molecule is O=C(NC[C@@H]1CCCO1)N1CC[C@@H](Nc2ccccc2)C1. The lowest BCUT2D eigenvalue weighted by Crippen LogP contribution is -2.42. The number of carbonyl (C=O) groups is 1. The van der Waals surface area contributed by atoms with Crippen molar-refractivity contribution in [3.8, 4) is 0 Å². The number of likely N-dealkylation sites (tertiary alicyclic amines) is 1. The first-order valence-corrected chi connectivity index (χ1v) is 7.77. The Morgan fingerprint density at radius 2 is 2.14 bits per heavy atom. The smallest absolute Gasteiger partial charge is 0.317 e. The number of para-hydroxylation sites is 1. The van der Waals surface area contributed by atoms with E-state index >= 15 is 0 Å². The molecule has 1 aromatic rings. The summed E-state index contributed by atoms with van der Waals surface area (Å²) in [6.45, 7) is 3.02. The zero-order valence-electron chi connectivity index (χ0n) is 12.3. The summed E-state index contributed by atoms with van der Waals surface area (Å²) < 4.78 is 5.52. The molecule has 0 saturated carbocycles. The summed E-state index contributed by atoms with van der Waals surface area (Å²) in [4.78, 5) is 14.0. The molecule has 21 heavy (non-hydrogen) atoms. The molecule has 5 nitrogen and oxygen atoms in total. The van der Waals surface area contributed by atoms with Crippen LogP contribution in [0.2, 0.25) is 0 Å². The maximum Gasteiger partial charge on any atom is 0.317 e. The van der Waals surface area contributed by atoms with E-state index in [1.54, 1.807) is 0 Å². The third-order valence-corrected chi connectivity index (χ3v) is 4.12. The lowest BCUT2D eigenvalue weighted by atomic mass is 10.2. The van der Waals surface area contributed by atoms with E-state index in [9.17, 15) is 4.79 Å². The van der Waals surface area contributed by atoms with Crippen molar-refractivity contribution in [3.05, 3.63) is 30.3 Å². The van der Waals surface area contributed by atoms with Crippen molar-refractivity contribution in [2.45, 2.75) is 31.4 Å². The monoisotopic (exact) mass is 289 g/mol. The maximum atomic E-state index is 12.1. The zero-order chi connectivity index (χ0) is 14.5. The fourth-order valence-electron chi connectivity index (χ4n) is 2.95. The molecule has 0 aliphatic carbocycles. The number of hydrogen-bond donors (Lipinski definition) is 2. The van der Waals surface area contributed by atoms with Crippen LogP contribution in [0.15, 0.2) is 30.3 Å². The normalized spacial score (nSPS) is 25.0. The highest BCUT2D eigenvalue weighted by Crippen LogP contribution is 2.16. The van der Waals surface area contributed by atoms with Gasteiger partial charge in [-0.1, -0.05) is 18.2 Å². The molecular weight excluding hydrogens is 266 g/mol. The fourth-order valence-corrected chi connectivity index (χ4v) is 2.95. The summed E-state index contributed by atoms with van der Waals surface area (Å²) in [6.07, 6.45) is 3.35. The van der Waals surface area contributed by atoms with Crippen molar-refractivity contribution in [2.75, 3.05) is 31.6 Å². The van der Waals surface area contributed by atoms with Crippen LogP contribution in [0, 0.1) is 0 Å². The lowest BCUT2D eigenvalue weighted by Gasteiger charge is -2.19. The van der Waals surface area contributed by atoms with Crippen molar-refractivity contribution in [2.24, 2.45) is 0 Å². The Bertz CT molecular complexity index is 460. The predicted octanol–water partition coefficient (Wildman–Crippen LogP) is 2.06. The first-order valence-electron chi connectivity index (χ1n) is 7.77. The minimum absolute atomic E-state index is 0.0304. The summed E-state index contributed by atoms with van der Waals surface area (Å²) in [5, 5.41) is 6.46. The van der Waals surface area contributed by atoms with Crippen LogP contribution in [-0.2, 0) is 4.74 Å². The van der Waals surface area contributed by atoms with Gasteiger partial charge in [-0.3, -0.25) is 0 Å². The van der Waals surface area contributed by atoms with Gasteiger partial charge in [-0.15, -0.1) is 0 Å². The van der Waals surface area contributed by atoms with Gasteiger partial charge in [0.05, 0.1) is 6.10 Å². The van der Waals surface area contributed by atoms with Crippen molar-refractivity contribution in [1.29, 1.82) is 0 Å². The second-order valence-corrected chi connectivity index (χ2v) is 5.76. The van der Waals surface area contributed by atoms with Gasteiger partial charge in [0.25, 0.3) is 0 Å². The predicted molar refractivity (Wildman–Crippen MR) is 82.4 cm³/mol. The van der Waals surface area contributed by atoms with Crippen LogP contribution in [0.1, 0.15) is 19.3 Å². The van der Waals surface area contributed by atoms with Crippen LogP contribution >= 0.6 is 0 Å². The van der Waals surface area contributed by atoms with Gasteiger partial charge in [-0.2, -0.15) is 0 Å². The molecule has 2 amide bonds. The van der Waals surface area contributed by atoms with Crippen molar-refractivity contribution < 1.29 is 9.53 Å². The Morgan fingerprint density at radius 1 is 1.29 bits per heavy atom. The molecule has 1 aromatic carbocycles. The lowest BCUT2D eigenvalue weighted by molar-refractivity contribution is 0.109. The second-order valence-electron chi connectivity index (χ2n) is 5.76. The molecule has 2 aliphatic rings. The standard InChI is InChI=1S/C16H23N3O2/c20-16(17-11-15-7-4-10-21-15)19-9-8-14(12-19)18-13-5-2-1-3-6-13/h1-3,5-6,14-15,18H,4,7-12H2,(H,17,20)/t14-,15+/m1/s1. The van der Waals surface area contributed by atoms with E-state index in [-0.39, 0.29) is 12.1 Å². The molecular formula is C16H23N3O2. The average Bonchev–Trinajstić information content (AvgIpc) is 3.17. The highest BCUT2D eigenvalue weighted by atomic mass is 16.5. The van der Waals surface area contributed by atoms with Gasteiger partial charge in [0.2, 0.25) is 0 Å². The number of amides is 2. The summed E-state index contributed by atoms with van der Waals surface area (Å²) in [5.41, 5.74) is 1.11. The van der Waals surface area contributed by atoms with Crippen molar-refractivity contribution in [3.63, 3.8) is 0 Å². The van der Waals surface area contributed by atoms with Crippen LogP contribution in [0.4, 0.5) is 10.5 Å². The highest BCUT2D eigenvalue weighted by Gasteiger charge is 2.26. The van der Waals surface area contributed by atoms with Crippen molar-refractivity contribution >= 4 is 11.7 Å². The Labute approximate surface area is 125 Å². The fraction of sp³-hybridized carbons (Fsp3) is 0.562. The van der Waals surface area contributed by atoms with Crippen LogP contribution in [-0.4, -0.2) is 49.3 Å². The van der Waals surface area contributed by atoms with Gasteiger partial charge in [0.15, 0.2) is 0 Å². The van der Waals surface area contributed by atoms with Crippen LogP contribution in [0.5, 0.6) is 0 Å². The Kier molecular flexibility index (Phi) is 4.60. The first-order chi connectivity index (χ1) is 10.3. The number of hydrogen-bond acceptors (Lipinski definition) is 3. The number of carbonyl (C=O) groups excluding carboxylic acids is 1. The Hall–Kier alpha value is -1.75. The van der Waals surface area contributed by atoms with Crippen LogP contribution in [0.25, 0.3) is 0 Å². The summed E-state index contributed by atoms with van der Waals surface area (Å²) in [7, 11) is 0. The van der Waals surface area contributed by atoms with E-state index in [4.69, 9.17) is 4.74 Å². The third kappa shape index (κ3) is 3.88. The number of anilines is 1. The Balaban J connectivity index is 1.42. The number of urea groups is 1. The van der Waals surface area contributed by atoms with Gasteiger partial charge in [-0.05, 0) is 31.4 Å². The van der Waals surface area contributed by atoms with Gasteiger partial charge in [0.1, 0.15) is 0 Å². The molecule has 0 radical (unpaired) electrons. The van der Waals surface area contributed by atoms with E-state index in [0.29, 0.717) is 12.6 Å². The molecule has 3 rings (SSSR count). The van der Waals surface area contributed by atoms with Crippen LogP contribution < -0.4 is 10.6 Å². The van der Waals surface area contributed by atoms with Gasteiger partial charge < -0.3 is 20.3 Å². The number of rotatable bonds is 4. The van der Waals surface area contributed by atoms with Crippen molar-refractivity contribution in [1.82, 2.24) is 10.2 Å². The number of ether oxygens (including phenoxy) is 1. The quantitative estimate of drug-likeness (QED) is 0.892. The van der Waals surface area contributed by atoms with E-state index in [2.05, 4.69) is 22.8 Å². The summed E-state index contributed by atoms with van der Waals surface area (Å²) in [5.74, 6) is 0. The molecule has 0 unspecified atom stereocenters. The molecule has 5 heteroatoms. The second kappa shape index (κ2) is 6.80. The van der Waals surface area contributed by atoms with Gasteiger partial charge in [0, 0.05) is 38.0 Å². The highest BCUT2D eigenvalue weighted by molar-refractivity contribution is 5.74. The molecule has 2 fully saturated rings. The van der Waals surface area contributed by atoms with E-state index in [0.717, 1.165) is 44.6 Å². The molecule has 2 aliphatic heterocycles. The number of nitrogens with zero attached hydrogens (tertiary/aromatic N) is 1. The molecule has 114 valence electrons. The van der Waals surface area contributed by atoms with E-state index in [1.807, 2.05) is 23.1 Å². The Morgan fingerprint density at radius 3 is 2.90 bits per heavy atom. The topological polar surface area (TPSA) is 53.6 Å². The molecule has 0 spiro atoms. The number of nitrogens with one attached hydrogen (secondary N) is 2. The number of benzene rings is 1. The third-order valence-electron chi connectivity index (χ3n) is 4.12. The largest absolute Gasteiger partial charge is 0.380 e. The molecule has 0 aromatic heterocycles. The van der Waals surface area contributed by atoms with E-state index < -0.39 is 0 Å². The molecule has 2 saturated heterocycles. The molecule has 2 heterocycles. The minimum Gasteiger partial charge on any atom is -0.380 e. The zero-order valence-corrected chi connectivity index (χ0v) is 12.3. The minimum atomic E-state index is 0.0304. The first kappa shape index (κ1) is 14.2. The summed E-state index contributed by atoms with van der Waals surface area (Å²) in [6, 6.07) is 10.5. The van der Waals surface area contributed by atoms with Gasteiger partial charge in [-0.25, -0.2) is 4.79 Å². The van der Waals surface area contributed by atoms with E-state index in [1.165, 1.54) is 0 Å².